The molecule has 0 fully saturated rings. The third-order valence-electron chi connectivity index (χ3n) is 4.00. The molecule has 0 aliphatic rings. The van der Waals surface area contributed by atoms with E-state index in [1.165, 1.54) is 33.3 Å². The van der Waals surface area contributed by atoms with E-state index in [0.717, 1.165) is 6.07 Å². The van der Waals surface area contributed by atoms with Crippen LogP contribution in [-0.2, 0) is 4.74 Å². The van der Waals surface area contributed by atoms with Crippen molar-refractivity contribution in [2.75, 3.05) is 20.8 Å². The first-order valence-electron chi connectivity index (χ1n) is 8.97. The highest BCUT2D eigenvalue weighted by atomic mass is 16.5. The van der Waals surface area contributed by atoms with Crippen LogP contribution in [0.5, 0.6) is 17.2 Å². The Morgan fingerprint density at radius 3 is 2.20 bits per heavy atom. The Balaban J connectivity index is 0.000000232. The minimum atomic E-state index is -0.653. The Bertz CT molecular complexity index is 1110. The van der Waals surface area contributed by atoms with Gasteiger partial charge in [0.15, 0.2) is 11.2 Å². The normalized spacial score (nSPS) is 10.0. The second-order valence-corrected chi connectivity index (χ2v) is 6.00. The van der Waals surface area contributed by atoms with E-state index in [1.807, 2.05) is 0 Å². The number of carbonyl (C=O) groups is 2. The van der Waals surface area contributed by atoms with E-state index >= 15 is 0 Å². The summed E-state index contributed by atoms with van der Waals surface area (Å²) in [7, 11) is 3.01. The van der Waals surface area contributed by atoms with Crippen molar-refractivity contribution in [2.24, 2.45) is 0 Å². The van der Waals surface area contributed by atoms with E-state index in [2.05, 4.69) is 0 Å². The monoisotopic (exact) mass is 414 g/mol. The van der Waals surface area contributed by atoms with Crippen LogP contribution in [0.2, 0.25) is 0 Å². The SMILES string of the molecule is CCOC(=O)c1cc(=O)c2ccc(OC)cc2o1.COc1ccc(C(C)=O)c(O)c1. The predicted octanol–water partition coefficient (Wildman–Crippen LogP) is 3.58. The molecule has 0 aliphatic carbocycles. The summed E-state index contributed by atoms with van der Waals surface area (Å²) in [6.07, 6.45) is 0. The van der Waals surface area contributed by atoms with Gasteiger partial charge in [0.1, 0.15) is 22.8 Å². The zero-order chi connectivity index (χ0) is 22.3. The zero-order valence-electron chi connectivity index (χ0n) is 17.1. The lowest BCUT2D eigenvalue weighted by atomic mass is 10.1. The molecule has 1 N–H and O–H groups in total. The van der Waals surface area contributed by atoms with E-state index in [9.17, 15) is 19.5 Å². The number of phenolic OH excluding ortho intramolecular Hbond substituents is 1. The number of aromatic hydroxyl groups is 1. The number of ether oxygens (including phenoxy) is 3. The predicted molar refractivity (Wildman–Crippen MR) is 110 cm³/mol. The van der Waals surface area contributed by atoms with Gasteiger partial charge in [-0.2, -0.15) is 0 Å². The number of esters is 1. The van der Waals surface area contributed by atoms with Gasteiger partial charge in [0.05, 0.1) is 31.8 Å². The van der Waals surface area contributed by atoms with Crippen LogP contribution in [0.15, 0.2) is 51.7 Å². The molecule has 8 nitrogen and oxygen atoms in total. The first kappa shape index (κ1) is 22.5. The van der Waals surface area contributed by atoms with E-state index in [0.29, 0.717) is 28.0 Å². The first-order chi connectivity index (χ1) is 14.3. The molecule has 0 aliphatic heterocycles. The standard InChI is InChI=1S/C13H12O5.C9H10O3/c1-3-17-13(15)12-7-10(14)9-5-4-8(16-2)6-11(9)18-12;1-6(10)8-4-3-7(12-2)5-9(8)11/h4-7H,3H2,1-2H3;3-5,11H,1-2H3. The van der Waals surface area contributed by atoms with Crippen LogP contribution >= 0.6 is 0 Å². The zero-order valence-corrected chi connectivity index (χ0v) is 17.1. The quantitative estimate of drug-likeness (QED) is 0.498. The maximum absolute atomic E-state index is 11.8. The highest BCUT2D eigenvalue weighted by molar-refractivity contribution is 5.96. The molecule has 0 spiro atoms. The minimum Gasteiger partial charge on any atom is -0.507 e. The number of hydrogen-bond acceptors (Lipinski definition) is 8. The van der Waals surface area contributed by atoms with Crippen LogP contribution in [0.25, 0.3) is 11.0 Å². The van der Waals surface area contributed by atoms with E-state index in [1.54, 1.807) is 31.2 Å². The highest BCUT2D eigenvalue weighted by Crippen LogP contribution is 2.23. The molecule has 0 saturated heterocycles. The molecule has 0 atom stereocenters. The lowest BCUT2D eigenvalue weighted by Crippen LogP contribution is -2.09. The maximum atomic E-state index is 11.8. The molecule has 1 aromatic heterocycles. The third-order valence-corrected chi connectivity index (χ3v) is 4.00. The molecule has 0 unspecified atom stereocenters. The summed E-state index contributed by atoms with van der Waals surface area (Å²) in [6, 6.07) is 10.5. The molecule has 8 heteroatoms. The summed E-state index contributed by atoms with van der Waals surface area (Å²) in [5.74, 6) is 0.128. The van der Waals surface area contributed by atoms with Crippen LogP contribution in [0.3, 0.4) is 0 Å². The number of fused-ring (bicyclic) bond motifs is 1. The number of phenols is 1. The van der Waals surface area contributed by atoms with Crippen molar-refractivity contribution in [2.45, 2.75) is 13.8 Å². The van der Waals surface area contributed by atoms with Gasteiger partial charge in [0.25, 0.3) is 0 Å². The fourth-order valence-corrected chi connectivity index (χ4v) is 2.50. The fraction of sp³-hybridized carbons (Fsp3) is 0.227. The Kier molecular flexibility index (Phi) is 7.57. The van der Waals surface area contributed by atoms with Crippen molar-refractivity contribution in [1.29, 1.82) is 0 Å². The van der Waals surface area contributed by atoms with Crippen molar-refractivity contribution in [3.05, 3.63) is 64.0 Å². The Morgan fingerprint density at radius 1 is 1.00 bits per heavy atom. The molecule has 3 aromatic rings. The van der Waals surface area contributed by atoms with Gasteiger partial charge >= 0.3 is 5.97 Å². The summed E-state index contributed by atoms with van der Waals surface area (Å²) >= 11 is 0. The van der Waals surface area contributed by atoms with Crippen molar-refractivity contribution in [1.82, 2.24) is 0 Å². The summed E-state index contributed by atoms with van der Waals surface area (Å²) < 4.78 is 20.0. The van der Waals surface area contributed by atoms with E-state index < -0.39 is 5.97 Å². The van der Waals surface area contributed by atoms with Gasteiger partial charge in [0, 0.05) is 18.2 Å². The summed E-state index contributed by atoms with van der Waals surface area (Å²) in [5.41, 5.74) is 0.322. The largest absolute Gasteiger partial charge is 0.507 e. The number of rotatable bonds is 5. The summed E-state index contributed by atoms with van der Waals surface area (Å²) in [6.45, 7) is 3.31. The lowest BCUT2D eigenvalue weighted by molar-refractivity contribution is 0.0490. The molecule has 3 rings (SSSR count). The van der Waals surface area contributed by atoms with E-state index in [-0.39, 0.29) is 29.3 Å². The van der Waals surface area contributed by atoms with E-state index in [4.69, 9.17) is 18.6 Å². The number of benzene rings is 2. The molecule has 1 heterocycles. The summed E-state index contributed by atoms with van der Waals surface area (Å²) in [5, 5.41) is 9.68. The minimum absolute atomic E-state index is 0.0400. The highest BCUT2D eigenvalue weighted by Gasteiger charge is 2.13. The van der Waals surface area contributed by atoms with Gasteiger partial charge in [-0.25, -0.2) is 4.79 Å². The van der Waals surface area contributed by atoms with Crippen molar-refractivity contribution in [3.8, 4) is 17.2 Å². The van der Waals surface area contributed by atoms with Gasteiger partial charge in [-0.05, 0) is 38.1 Å². The van der Waals surface area contributed by atoms with Gasteiger partial charge in [0.2, 0.25) is 5.76 Å². The second-order valence-electron chi connectivity index (χ2n) is 6.00. The van der Waals surface area contributed by atoms with Crippen molar-refractivity contribution < 1.29 is 33.3 Å². The first-order valence-corrected chi connectivity index (χ1v) is 8.97. The average molecular weight is 414 g/mol. The van der Waals surface area contributed by atoms with Crippen molar-refractivity contribution in [3.63, 3.8) is 0 Å². The van der Waals surface area contributed by atoms with Gasteiger partial charge in [-0.3, -0.25) is 9.59 Å². The summed E-state index contributed by atoms with van der Waals surface area (Å²) in [4.78, 5) is 34.2. The smallest absolute Gasteiger partial charge is 0.374 e. The van der Waals surface area contributed by atoms with Crippen LogP contribution < -0.4 is 14.9 Å². The molecule has 0 saturated carbocycles. The number of hydrogen-bond donors (Lipinski definition) is 1. The number of ketones is 1. The maximum Gasteiger partial charge on any atom is 0.374 e. The lowest BCUT2D eigenvalue weighted by Gasteiger charge is -2.04. The topological polar surface area (TPSA) is 112 Å². The van der Waals surface area contributed by atoms with Crippen LogP contribution in [0, 0.1) is 0 Å². The molecule has 158 valence electrons. The van der Waals surface area contributed by atoms with Crippen LogP contribution in [0.4, 0.5) is 0 Å². The number of methoxy groups -OCH3 is 2. The van der Waals surface area contributed by atoms with Gasteiger partial charge < -0.3 is 23.7 Å². The molecule has 0 bridgehead atoms. The Hall–Kier alpha value is -3.81. The molecular weight excluding hydrogens is 392 g/mol. The molecule has 0 radical (unpaired) electrons. The fourth-order valence-electron chi connectivity index (χ4n) is 2.50. The average Bonchev–Trinajstić information content (AvgIpc) is 2.73. The number of carbonyl (C=O) groups excluding carboxylic acids is 2. The number of Topliss-reactive ketones (excluding diaryl/α,β-unsaturated/α-hetero) is 1. The third kappa shape index (κ3) is 5.38. The molecule has 30 heavy (non-hydrogen) atoms. The van der Waals surface area contributed by atoms with Crippen molar-refractivity contribution >= 4 is 22.7 Å². The second kappa shape index (κ2) is 10.1. The molecular formula is C22H22O8. The van der Waals surface area contributed by atoms with Crippen LogP contribution in [0.1, 0.15) is 34.8 Å². The van der Waals surface area contributed by atoms with Gasteiger partial charge in [-0.15, -0.1) is 0 Å². The van der Waals surface area contributed by atoms with Gasteiger partial charge in [-0.1, -0.05) is 0 Å². The Labute approximate surface area is 172 Å². The Morgan fingerprint density at radius 2 is 1.63 bits per heavy atom. The van der Waals surface area contributed by atoms with Crippen LogP contribution in [-0.4, -0.2) is 37.7 Å². The molecule has 0 amide bonds. The molecule has 2 aromatic carbocycles.